The van der Waals surface area contributed by atoms with Gasteiger partial charge >= 0.3 is 6.09 Å². The van der Waals surface area contributed by atoms with Gasteiger partial charge in [-0.3, -0.25) is 10.00 Å². The maximum Gasteiger partial charge on any atom is 0.411 e. The number of aromatic nitrogens is 2. The molecule has 0 aliphatic carbocycles. The average Bonchev–Trinajstić information content (AvgIpc) is 3.30. The first-order valence-corrected chi connectivity index (χ1v) is 10.2. The van der Waals surface area contributed by atoms with Crippen LogP contribution in [0.1, 0.15) is 23.6 Å². The van der Waals surface area contributed by atoms with E-state index < -0.39 is 6.09 Å². The molecule has 3 aromatic rings. The van der Waals surface area contributed by atoms with Gasteiger partial charge in [0.2, 0.25) is 0 Å². The molecule has 1 aromatic heterocycles. The molecule has 1 heterocycles. The molecule has 2 aromatic carbocycles. The van der Waals surface area contributed by atoms with Gasteiger partial charge in [0.15, 0.2) is 5.96 Å². The molecule has 3 N–H and O–H groups in total. The highest BCUT2D eigenvalue weighted by atomic mass is 127. The Morgan fingerprint density at radius 3 is 2.47 bits per heavy atom. The van der Waals surface area contributed by atoms with E-state index in [1.807, 2.05) is 60.3 Å². The molecule has 0 unspecified atom stereocenters. The van der Waals surface area contributed by atoms with Gasteiger partial charge in [-0.2, -0.15) is 5.10 Å². The van der Waals surface area contributed by atoms with Crippen LogP contribution in [0.4, 0.5) is 10.5 Å². The van der Waals surface area contributed by atoms with Crippen molar-refractivity contribution in [3.63, 3.8) is 0 Å². The van der Waals surface area contributed by atoms with Gasteiger partial charge in [0.1, 0.15) is 0 Å². The van der Waals surface area contributed by atoms with Crippen LogP contribution in [-0.4, -0.2) is 35.5 Å². The van der Waals surface area contributed by atoms with E-state index in [4.69, 9.17) is 0 Å². The maximum absolute atomic E-state index is 11.3. The van der Waals surface area contributed by atoms with E-state index in [2.05, 4.69) is 42.9 Å². The minimum atomic E-state index is -0.489. The minimum absolute atomic E-state index is 0. The quantitative estimate of drug-likeness (QED) is 0.225. The highest BCUT2D eigenvalue weighted by Gasteiger charge is 2.05. The highest BCUT2D eigenvalue weighted by Crippen LogP contribution is 2.12. The number of nitrogens with zero attached hydrogens (tertiary/aromatic N) is 3. The number of aliphatic imine (C=N–C) groups is 1. The van der Waals surface area contributed by atoms with E-state index in [1.165, 1.54) is 18.2 Å². The fourth-order valence-corrected chi connectivity index (χ4v) is 3.01. The van der Waals surface area contributed by atoms with Crippen LogP contribution in [0.3, 0.4) is 0 Å². The topological polar surface area (TPSA) is 92.6 Å². The van der Waals surface area contributed by atoms with Gasteiger partial charge in [-0.1, -0.05) is 36.4 Å². The van der Waals surface area contributed by atoms with Crippen LogP contribution in [0.25, 0.3) is 0 Å². The van der Waals surface area contributed by atoms with E-state index >= 15 is 0 Å². The lowest BCUT2D eigenvalue weighted by Gasteiger charge is -2.14. The molecule has 0 atom stereocenters. The zero-order valence-corrected chi connectivity index (χ0v) is 20.6. The van der Waals surface area contributed by atoms with Crippen molar-refractivity contribution in [1.82, 2.24) is 20.4 Å². The minimum Gasteiger partial charge on any atom is -0.453 e. The van der Waals surface area contributed by atoms with Crippen LogP contribution in [0.2, 0.25) is 0 Å². The van der Waals surface area contributed by atoms with Crippen LogP contribution in [-0.2, 0) is 24.4 Å². The SMILES string of the molecule is CCNC(=NCc1ccc(NC(=O)OC)cc1)NCc1ccccc1Cn1cccn1.I. The zero-order valence-electron chi connectivity index (χ0n) is 18.2. The Labute approximate surface area is 205 Å². The van der Waals surface area contributed by atoms with Crippen LogP contribution in [0.15, 0.2) is 72.0 Å². The Balaban J connectivity index is 0.00000363. The normalized spacial score (nSPS) is 10.8. The van der Waals surface area contributed by atoms with Crippen molar-refractivity contribution in [2.45, 2.75) is 26.6 Å². The number of ether oxygens (including phenoxy) is 1. The summed E-state index contributed by atoms with van der Waals surface area (Å²) in [6.45, 7) is 4.71. The Bertz CT molecular complexity index is 990. The molecular formula is C23H29IN6O2. The number of carbonyl (C=O) groups is 1. The number of guanidine groups is 1. The van der Waals surface area contributed by atoms with Crippen LogP contribution in [0.5, 0.6) is 0 Å². The summed E-state index contributed by atoms with van der Waals surface area (Å²) in [6, 6.07) is 17.7. The molecule has 9 heteroatoms. The molecular weight excluding hydrogens is 519 g/mol. The second kappa shape index (κ2) is 13.4. The number of anilines is 1. The van der Waals surface area contributed by atoms with Gasteiger partial charge in [0.05, 0.1) is 20.2 Å². The summed E-state index contributed by atoms with van der Waals surface area (Å²) in [7, 11) is 1.34. The second-order valence-corrected chi connectivity index (χ2v) is 6.83. The predicted octanol–water partition coefficient (Wildman–Crippen LogP) is 3.98. The first-order valence-electron chi connectivity index (χ1n) is 10.2. The molecule has 0 aliphatic rings. The Kier molecular flexibility index (Phi) is 10.5. The number of hydrogen-bond acceptors (Lipinski definition) is 4. The van der Waals surface area contributed by atoms with Crippen molar-refractivity contribution >= 4 is 41.7 Å². The molecule has 0 aliphatic heterocycles. The van der Waals surface area contributed by atoms with E-state index in [0.29, 0.717) is 18.8 Å². The van der Waals surface area contributed by atoms with Gasteiger partial charge in [0.25, 0.3) is 0 Å². The van der Waals surface area contributed by atoms with Crippen LogP contribution in [0, 0.1) is 0 Å². The van der Waals surface area contributed by atoms with E-state index in [-0.39, 0.29) is 24.0 Å². The number of nitrogens with one attached hydrogen (secondary N) is 3. The molecule has 0 fully saturated rings. The molecule has 3 rings (SSSR count). The Hall–Kier alpha value is -3.08. The third-order valence-corrected chi connectivity index (χ3v) is 4.61. The first-order chi connectivity index (χ1) is 15.2. The summed E-state index contributed by atoms with van der Waals surface area (Å²) >= 11 is 0. The van der Waals surface area contributed by atoms with E-state index in [1.54, 1.807) is 6.20 Å². The molecule has 0 bridgehead atoms. The fraction of sp³-hybridized carbons (Fsp3) is 0.261. The number of benzene rings is 2. The number of rotatable bonds is 8. The highest BCUT2D eigenvalue weighted by molar-refractivity contribution is 14.0. The summed E-state index contributed by atoms with van der Waals surface area (Å²) in [6.07, 6.45) is 3.26. The molecule has 32 heavy (non-hydrogen) atoms. The Morgan fingerprint density at radius 2 is 1.81 bits per heavy atom. The number of amides is 1. The summed E-state index contributed by atoms with van der Waals surface area (Å²) in [5, 5.41) is 13.6. The molecule has 0 saturated carbocycles. The zero-order chi connectivity index (χ0) is 21.9. The van der Waals surface area contributed by atoms with E-state index in [0.717, 1.165) is 24.6 Å². The molecule has 0 radical (unpaired) electrons. The third kappa shape index (κ3) is 7.88. The summed E-state index contributed by atoms with van der Waals surface area (Å²) in [4.78, 5) is 16.0. The van der Waals surface area contributed by atoms with Gasteiger partial charge in [-0.25, -0.2) is 9.79 Å². The van der Waals surface area contributed by atoms with Crippen molar-refractivity contribution in [3.8, 4) is 0 Å². The smallest absolute Gasteiger partial charge is 0.411 e. The number of methoxy groups -OCH3 is 1. The predicted molar refractivity (Wildman–Crippen MR) is 137 cm³/mol. The Morgan fingerprint density at radius 1 is 1.06 bits per heavy atom. The lowest BCUT2D eigenvalue weighted by atomic mass is 10.1. The molecule has 8 nitrogen and oxygen atoms in total. The number of halogens is 1. The van der Waals surface area contributed by atoms with Gasteiger partial charge in [0, 0.05) is 31.2 Å². The average molecular weight is 548 g/mol. The van der Waals surface area contributed by atoms with Crippen LogP contribution >= 0.6 is 24.0 Å². The monoisotopic (exact) mass is 548 g/mol. The molecule has 1 amide bonds. The molecule has 0 spiro atoms. The van der Waals surface area contributed by atoms with Crippen molar-refractivity contribution in [2.75, 3.05) is 19.0 Å². The van der Waals surface area contributed by atoms with Gasteiger partial charge < -0.3 is 15.4 Å². The molecule has 170 valence electrons. The van der Waals surface area contributed by atoms with Gasteiger partial charge in [-0.05, 0) is 41.8 Å². The number of hydrogen-bond donors (Lipinski definition) is 3. The van der Waals surface area contributed by atoms with Crippen molar-refractivity contribution in [3.05, 3.63) is 83.7 Å². The maximum atomic E-state index is 11.3. The number of carbonyl (C=O) groups excluding carboxylic acids is 1. The van der Waals surface area contributed by atoms with Crippen LogP contribution < -0.4 is 16.0 Å². The van der Waals surface area contributed by atoms with Gasteiger partial charge in [-0.15, -0.1) is 24.0 Å². The summed E-state index contributed by atoms with van der Waals surface area (Å²) in [5.74, 6) is 0.744. The third-order valence-electron chi connectivity index (χ3n) is 4.61. The second-order valence-electron chi connectivity index (χ2n) is 6.83. The van der Waals surface area contributed by atoms with E-state index in [9.17, 15) is 4.79 Å². The largest absolute Gasteiger partial charge is 0.453 e. The molecule has 0 saturated heterocycles. The fourth-order valence-electron chi connectivity index (χ4n) is 3.01. The summed E-state index contributed by atoms with van der Waals surface area (Å²) in [5.41, 5.74) is 4.12. The lowest BCUT2D eigenvalue weighted by molar-refractivity contribution is 0.187. The first kappa shape index (κ1) is 25.2. The standard InChI is InChI=1S/C23H28N6O2.HI/c1-3-24-22(25-15-18-9-11-21(12-10-18)28-23(30)31-2)26-16-19-7-4-5-8-20(19)17-29-14-6-13-27-29;/h4-14H,3,15-17H2,1-2H3,(H,28,30)(H2,24,25,26);1H. The summed E-state index contributed by atoms with van der Waals surface area (Å²) < 4.78 is 6.51. The van der Waals surface area contributed by atoms with Crippen molar-refractivity contribution in [1.29, 1.82) is 0 Å². The van der Waals surface area contributed by atoms with Crippen molar-refractivity contribution < 1.29 is 9.53 Å². The lowest BCUT2D eigenvalue weighted by Crippen LogP contribution is -2.37. The van der Waals surface area contributed by atoms with Crippen molar-refractivity contribution in [2.24, 2.45) is 4.99 Å².